The molecule has 1 N–H and O–H groups in total. The van der Waals surface area contributed by atoms with E-state index in [2.05, 4.69) is 41.0 Å². The summed E-state index contributed by atoms with van der Waals surface area (Å²) in [7, 11) is 0. The standard InChI is InChI=1S/C21H27FN2O/c1-17-2-4-19(5-3-17)15-24-12-11-23(16-21(24)10-13-25)14-18-6-8-20(22)9-7-18/h2-9,21,25H,10-16H2,1H3. The zero-order valence-electron chi connectivity index (χ0n) is 14.9. The van der Waals surface area contributed by atoms with Crippen LogP contribution < -0.4 is 0 Å². The molecule has 0 amide bonds. The van der Waals surface area contributed by atoms with Crippen molar-refractivity contribution in [2.24, 2.45) is 0 Å². The van der Waals surface area contributed by atoms with Crippen LogP contribution in [0.3, 0.4) is 0 Å². The highest BCUT2D eigenvalue weighted by Crippen LogP contribution is 2.19. The first-order valence-corrected chi connectivity index (χ1v) is 9.01. The zero-order valence-corrected chi connectivity index (χ0v) is 14.9. The maximum absolute atomic E-state index is 13.1. The van der Waals surface area contributed by atoms with Crippen LogP contribution in [-0.2, 0) is 13.1 Å². The quantitative estimate of drug-likeness (QED) is 0.873. The minimum Gasteiger partial charge on any atom is -0.396 e. The van der Waals surface area contributed by atoms with E-state index in [0.717, 1.165) is 44.7 Å². The summed E-state index contributed by atoms with van der Waals surface area (Å²) in [6, 6.07) is 15.8. The highest BCUT2D eigenvalue weighted by Gasteiger charge is 2.26. The molecule has 1 atom stereocenters. The van der Waals surface area contributed by atoms with E-state index in [1.165, 1.54) is 23.3 Å². The Morgan fingerprint density at radius 3 is 2.28 bits per heavy atom. The molecule has 0 spiro atoms. The van der Waals surface area contributed by atoms with Crippen LogP contribution in [-0.4, -0.2) is 47.2 Å². The largest absolute Gasteiger partial charge is 0.396 e. The maximum atomic E-state index is 13.1. The topological polar surface area (TPSA) is 26.7 Å². The highest BCUT2D eigenvalue weighted by molar-refractivity contribution is 5.21. The number of nitrogens with zero attached hydrogens (tertiary/aromatic N) is 2. The molecule has 1 aliphatic heterocycles. The molecule has 1 fully saturated rings. The monoisotopic (exact) mass is 342 g/mol. The van der Waals surface area contributed by atoms with Gasteiger partial charge in [-0.25, -0.2) is 4.39 Å². The summed E-state index contributed by atoms with van der Waals surface area (Å²) in [5, 5.41) is 9.46. The molecular formula is C21H27FN2O. The first-order valence-electron chi connectivity index (χ1n) is 9.01. The van der Waals surface area contributed by atoms with Crippen molar-refractivity contribution in [1.82, 2.24) is 9.80 Å². The number of benzene rings is 2. The molecule has 1 aliphatic rings. The molecule has 4 heteroatoms. The lowest BCUT2D eigenvalue weighted by Crippen LogP contribution is -2.52. The fourth-order valence-electron chi connectivity index (χ4n) is 3.51. The second-order valence-corrected chi connectivity index (χ2v) is 6.98. The highest BCUT2D eigenvalue weighted by atomic mass is 19.1. The van der Waals surface area contributed by atoms with Crippen LogP contribution in [0, 0.1) is 12.7 Å². The minimum atomic E-state index is -0.190. The second kappa shape index (κ2) is 8.56. The third kappa shape index (κ3) is 5.11. The van der Waals surface area contributed by atoms with E-state index in [4.69, 9.17) is 0 Å². The van der Waals surface area contributed by atoms with Gasteiger partial charge in [0.05, 0.1) is 0 Å². The molecule has 1 saturated heterocycles. The van der Waals surface area contributed by atoms with Gasteiger partial charge in [-0.1, -0.05) is 42.0 Å². The molecule has 134 valence electrons. The van der Waals surface area contributed by atoms with Gasteiger partial charge in [0.15, 0.2) is 0 Å². The second-order valence-electron chi connectivity index (χ2n) is 6.98. The average molecular weight is 342 g/mol. The molecule has 2 aromatic rings. The van der Waals surface area contributed by atoms with Crippen molar-refractivity contribution in [3.8, 4) is 0 Å². The summed E-state index contributed by atoms with van der Waals surface area (Å²) in [5.74, 6) is -0.190. The molecule has 3 nitrogen and oxygen atoms in total. The summed E-state index contributed by atoms with van der Waals surface area (Å²) in [4.78, 5) is 4.88. The lowest BCUT2D eigenvalue weighted by atomic mass is 10.1. The third-order valence-electron chi connectivity index (χ3n) is 4.98. The molecule has 2 aromatic carbocycles. The Morgan fingerprint density at radius 2 is 1.60 bits per heavy atom. The van der Waals surface area contributed by atoms with Crippen LogP contribution in [0.4, 0.5) is 4.39 Å². The summed E-state index contributed by atoms with van der Waals surface area (Å²) < 4.78 is 13.1. The molecule has 0 bridgehead atoms. The van der Waals surface area contributed by atoms with E-state index in [1.807, 2.05) is 12.1 Å². The number of aliphatic hydroxyl groups excluding tert-OH is 1. The Morgan fingerprint density at radius 1 is 0.960 bits per heavy atom. The number of piperazine rings is 1. The molecule has 0 saturated carbocycles. The predicted molar refractivity (Wildman–Crippen MR) is 98.8 cm³/mol. The fourth-order valence-corrected chi connectivity index (χ4v) is 3.51. The van der Waals surface area contributed by atoms with E-state index in [-0.39, 0.29) is 12.4 Å². The number of rotatable bonds is 6. The summed E-state index contributed by atoms with van der Waals surface area (Å²) in [6.07, 6.45) is 0.784. The summed E-state index contributed by atoms with van der Waals surface area (Å²) in [6.45, 7) is 6.98. The number of aryl methyl sites for hydroxylation is 1. The van der Waals surface area contributed by atoms with Gasteiger partial charge < -0.3 is 5.11 Å². The van der Waals surface area contributed by atoms with Gasteiger partial charge in [-0.2, -0.15) is 0 Å². The predicted octanol–water partition coefficient (Wildman–Crippen LogP) is 3.20. The van der Waals surface area contributed by atoms with Crippen LogP contribution >= 0.6 is 0 Å². The van der Waals surface area contributed by atoms with Gasteiger partial charge >= 0.3 is 0 Å². The van der Waals surface area contributed by atoms with Crippen LogP contribution in [0.5, 0.6) is 0 Å². The lowest BCUT2D eigenvalue weighted by Gasteiger charge is -2.41. The van der Waals surface area contributed by atoms with Crippen molar-refractivity contribution in [1.29, 1.82) is 0 Å². The number of aliphatic hydroxyl groups is 1. The van der Waals surface area contributed by atoms with E-state index in [1.54, 1.807) is 0 Å². The summed E-state index contributed by atoms with van der Waals surface area (Å²) in [5.41, 5.74) is 3.73. The molecule has 1 unspecified atom stereocenters. The number of halogens is 1. The normalized spacial score (nSPS) is 19.2. The van der Waals surface area contributed by atoms with Gasteiger partial charge in [0.2, 0.25) is 0 Å². The molecule has 1 heterocycles. The molecule has 0 radical (unpaired) electrons. The first-order chi connectivity index (χ1) is 12.1. The van der Waals surface area contributed by atoms with Gasteiger partial charge in [0.1, 0.15) is 5.82 Å². The maximum Gasteiger partial charge on any atom is 0.123 e. The van der Waals surface area contributed by atoms with Gasteiger partial charge in [0.25, 0.3) is 0 Å². The third-order valence-corrected chi connectivity index (χ3v) is 4.98. The van der Waals surface area contributed by atoms with Crippen molar-refractivity contribution in [2.75, 3.05) is 26.2 Å². The van der Waals surface area contributed by atoms with Crippen molar-refractivity contribution >= 4 is 0 Å². The summed E-state index contributed by atoms with van der Waals surface area (Å²) >= 11 is 0. The van der Waals surface area contributed by atoms with Gasteiger partial charge in [-0.15, -0.1) is 0 Å². The van der Waals surface area contributed by atoms with Gasteiger partial charge in [-0.05, 0) is 36.6 Å². The SMILES string of the molecule is Cc1ccc(CN2CCN(Cc3ccc(F)cc3)CC2CCO)cc1. The van der Waals surface area contributed by atoms with Crippen molar-refractivity contribution < 1.29 is 9.50 Å². The molecular weight excluding hydrogens is 315 g/mol. The minimum absolute atomic E-state index is 0.190. The fraction of sp³-hybridized carbons (Fsp3) is 0.429. The van der Waals surface area contributed by atoms with Crippen LogP contribution in [0.15, 0.2) is 48.5 Å². The van der Waals surface area contributed by atoms with Crippen LogP contribution in [0.25, 0.3) is 0 Å². The Hall–Kier alpha value is -1.75. The van der Waals surface area contributed by atoms with Crippen molar-refractivity contribution in [2.45, 2.75) is 32.5 Å². The molecule has 3 rings (SSSR count). The first kappa shape index (κ1) is 18.1. The van der Waals surface area contributed by atoms with E-state index < -0.39 is 0 Å². The number of hydrogen-bond acceptors (Lipinski definition) is 3. The Bertz CT molecular complexity index is 657. The average Bonchev–Trinajstić information content (AvgIpc) is 2.61. The van der Waals surface area contributed by atoms with Crippen LogP contribution in [0.1, 0.15) is 23.1 Å². The Labute approximate surface area is 149 Å². The lowest BCUT2D eigenvalue weighted by molar-refractivity contribution is 0.0500. The van der Waals surface area contributed by atoms with Crippen LogP contribution in [0.2, 0.25) is 0 Å². The Kier molecular flexibility index (Phi) is 6.19. The molecule has 0 aliphatic carbocycles. The smallest absolute Gasteiger partial charge is 0.123 e. The number of hydrogen-bond donors (Lipinski definition) is 1. The molecule has 25 heavy (non-hydrogen) atoms. The zero-order chi connectivity index (χ0) is 17.6. The Balaban J connectivity index is 1.61. The van der Waals surface area contributed by atoms with E-state index in [0.29, 0.717) is 6.04 Å². The van der Waals surface area contributed by atoms with Gasteiger partial charge in [-0.3, -0.25) is 9.80 Å². The van der Waals surface area contributed by atoms with Crippen molar-refractivity contribution in [3.05, 3.63) is 71.0 Å². The van der Waals surface area contributed by atoms with E-state index >= 15 is 0 Å². The van der Waals surface area contributed by atoms with E-state index in [9.17, 15) is 9.50 Å². The molecule has 0 aromatic heterocycles. The van der Waals surface area contributed by atoms with Crippen molar-refractivity contribution in [3.63, 3.8) is 0 Å². The van der Waals surface area contributed by atoms with Gasteiger partial charge in [0, 0.05) is 45.4 Å².